The van der Waals surface area contributed by atoms with Gasteiger partial charge in [0, 0.05) is 0 Å². The predicted molar refractivity (Wildman–Crippen MR) is 122 cm³/mol. The Morgan fingerprint density at radius 1 is 0.576 bits per heavy atom. The first-order valence-corrected chi connectivity index (χ1v) is 10.4. The van der Waals surface area contributed by atoms with Gasteiger partial charge in [0.1, 0.15) is 22.7 Å². The molecule has 6 aromatic rings. The van der Waals surface area contributed by atoms with Crippen molar-refractivity contribution in [1.29, 1.82) is 0 Å². The van der Waals surface area contributed by atoms with Gasteiger partial charge in [0.2, 0.25) is 11.8 Å². The van der Waals surface area contributed by atoms with Crippen LogP contribution in [0.5, 0.6) is 0 Å². The van der Waals surface area contributed by atoms with Gasteiger partial charge in [-0.15, -0.1) is 0 Å². The number of hydrogen-bond donors (Lipinski definition) is 0. The van der Waals surface area contributed by atoms with Crippen molar-refractivity contribution in [3.63, 3.8) is 0 Å². The quantitative estimate of drug-likeness (QED) is 0.293. The average Bonchev–Trinajstić information content (AvgIpc) is 3.43. The van der Waals surface area contributed by atoms with E-state index in [0.29, 0.717) is 39.7 Å². The van der Waals surface area contributed by atoms with Crippen molar-refractivity contribution in [1.82, 2.24) is 9.97 Å². The van der Waals surface area contributed by atoms with Crippen molar-refractivity contribution in [2.45, 2.75) is 6.42 Å². The van der Waals surface area contributed by atoms with E-state index in [9.17, 15) is 8.78 Å². The van der Waals surface area contributed by atoms with Crippen molar-refractivity contribution in [3.8, 4) is 22.9 Å². The highest BCUT2D eigenvalue weighted by Gasteiger charge is 2.14. The third kappa shape index (κ3) is 3.55. The normalized spacial score (nSPS) is 11.5. The molecule has 6 rings (SSSR count). The van der Waals surface area contributed by atoms with Crippen molar-refractivity contribution < 1.29 is 17.6 Å². The van der Waals surface area contributed by atoms with Gasteiger partial charge in [0.05, 0.1) is 11.1 Å². The molecule has 0 bridgehead atoms. The molecule has 0 radical (unpaired) electrons. The van der Waals surface area contributed by atoms with Crippen LogP contribution in [0.2, 0.25) is 0 Å². The van der Waals surface area contributed by atoms with Gasteiger partial charge in [0.25, 0.3) is 0 Å². The molecular formula is C27H16F2N2O2. The zero-order valence-corrected chi connectivity index (χ0v) is 17.3. The predicted octanol–water partition coefficient (Wildman–Crippen LogP) is 7.17. The maximum Gasteiger partial charge on any atom is 0.230 e. The molecule has 2 aromatic heterocycles. The third-order valence-corrected chi connectivity index (χ3v) is 5.52. The van der Waals surface area contributed by atoms with E-state index in [-0.39, 0.29) is 23.4 Å². The minimum absolute atomic E-state index is 0.255. The molecule has 6 heteroatoms. The van der Waals surface area contributed by atoms with Gasteiger partial charge >= 0.3 is 0 Å². The van der Waals surface area contributed by atoms with E-state index in [0.717, 1.165) is 11.1 Å². The SMILES string of the molecule is Fc1ccccc1-c1nc2cc(Cc3ccc4oc(-c5ccccc5F)nc4c3)ccc2o1. The zero-order valence-electron chi connectivity index (χ0n) is 17.3. The average molecular weight is 438 g/mol. The lowest BCUT2D eigenvalue weighted by Gasteiger charge is -2.01. The molecule has 160 valence electrons. The fourth-order valence-corrected chi connectivity index (χ4v) is 3.90. The van der Waals surface area contributed by atoms with Gasteiger partial charge in [0.15, 0.2) is 11.2 Å². The van der Waals surface area contributed by atoms with Gasteiger partial charge in [-0.2, -0.15) is 0 Å². The Morgan fingerprint density at radius 2 is 1.03 bits per heavy atom. The van der Waals surface area contributed by atoms with Crippen LogP contribution in [0.4, 0.5) is 8.78 Å². The molecule has 0 aliphatic heterocycles. The Balaban J connectivity index is 1.31. The lowest BCUT2D eigenvalue weighted by Crippen LogP contribution is -1.88. The highest BCUT2D eigenvalue weighted by molar-refractivity contribution is 5.78. The highest BCUT2D eigenvalue weighted by atomic mass is 19.1. The number of halogens is 2. The number of benzene rings is 4. The molecule has 0 aliphatic rings. The summed E-state index contributed by atoms with van der Waals surface area (Å²) in [6.07, 6.45) is 0.635. The molecule has 0 unspecified atom stereocenters. The second-order valence-electron chi connectivity index (χ2n) is 7.78. The molecule has 0 saturated carbocycles. The molecule has 0 fully saturated rings. The van der Waals surface area contributed by atoms with Gasteiger partial charge < -0.3 is 8.83 Å². The first kappa shape index (κ1) is 19.4. The van der Waals surface area contributed by atoms with E-state index in [1.165, 1.54) is 12.1 Å². The fourth-order valence-electron chi connectivity index (χ4n) is 3.90. The van der Waals surface area contributed by atoms with E-state index >= 15 is 0 Å². The summed E-state index contributed by atoms with van der Waals surface area (Å²) in [6.45, 7) is 0. The minimum Gasteiger partial charge on any atom is -0.436 e. The molecular weight excluding hydrogens is 422 g/mol. The van der Waals surface area contributed by atoms with Crippen molar-refractivity contribution in [3.05, 3.63) is 108 Å². The van der Waals surface area contributed by atoms with Crippen LogP contribution in [0.3, 0.4) is 0 Å². The van der Waals surface area contributed by atoms with Gasteiger partial charge in [-0.05, 0) is 66.1 Å². The van der Waals surface area contributed by atoms with Crippen molar-refractivity contribution >= 4 is 22.2 Å². The number of nitrogens with zero attached hydrogens (tertiary/aromatic N) is 2. The van der Waals surface area contributed by atoms with Crippen molar-refractivity contribution in [2.75, 3.05) is 0 Å². The number of fused-ring (bicyclic) bond motifs is 2. The van der Waals surface area contributed by atoms with Crippen LogP contribution in [-0.4, -0.2) is 9.97 Å². The number of rotatable bonds is 4. The zero-order chi connectivity index (χ0) is 22.4. The second kappa shape index (κ2) is 7.67. The van der Waals surface area contributed by atoms with E-state index in [1.807, 2.05) is 36.4 Å². The van der Waals surface area contributed by atoms with Gasteiger partial charge in [-0.3, -0.25) is 0 Å². The highest BCUT2D eigenvalue weighted by Crippen LogP contribution is 2.29. The standard InChI is InChI=1S/C27H16F2N2O2/c28-20-7-3-1-5-18(20)26-30-22-14-16(9-11-24(22)32-26)13-17-10-12-25-23(15-17)31-27(33-25)19-6-2-4-8-21(19)29/h1-12,14-15H,13H2. The van der Waals surface area contributed by atoms with Crippen LogP contribution in [-0.2, 0) is 6.42 Å². The monoisotopic (exact) mass is 438 g/mol. The first-order valence-electron chi connectivity index (χ1n) is 10.4. The Morgan fingerprint density at radius 3 is 1.48 bits per heavy atom. The largest absolute Gasteiger partial charge is 0.436 e. The molecule has 33 heavy (non-hydrogen) atoms. The first-order chi connectivity index (χ1) is 16.1. The molecule has 0 aliphatic carbocycles. The number of hydrogen-bond acceptors (Lipinski definition) is 4. The Hall–Kier alpha value is -4.32. The van der Waals surface area contributed by atoms with Crippen LogP contribution in [0, 0.1) is 11.6 Å². The third-order valence-electron chi connectivity index (χ3n) is 5.52. The molecule has 0 spiro atoms. The molecule has 0 N–H and O–H groups in total. The fraction of sp³-hybridized carbons (Fsp3) is 0.0370. The topological polar surface area (TPSA) is 52.1 Å². The summed E-state index contributed by atoms with van der Waals surface area (Å²) in [7, 11) is 0. The Labute approximate surface area is 187 Å². The number of oxazole rings is 2. The van der Waals surface area contributed by atoms with Crippen LogP contribution >= 0.6 is 0 Å². The van der Waals surface area contributed by atoms with Crippen molar-refractivity contribution in [2.24, 2.45) is 0 Å². The number of aromatic nitrogens is 2. The molecule has 2 heterocycles. The molecule has 0 saturated heterocycles. The molecule has 4 aromatic carbocycles. The van der Waals surface area contributed by atoms with Crippen LogP contribution in [0.15, 0.2) is 93.8 Å². The van der Waals surface area contributed by atoms with Crippen LogP contribution in [0.1, 0.15) is 11.1 Å². The summed E-state index contributed by atoms with van der Waals surface area (Å²) in [5, 5.41) is 0. The smallest absolute Gasteiger partial charge is 0.230 e. The summed E-state index contributed by atoms with van der Waals surface area (Å²) < 4.78 is 39.7. The summed E-state index contributed by atoms with van der Waals surface area (Å²) >= 11 is 0. The van der Waals surface area contributed by atoms with Gasteiger partial charge in [-0.1, -0.05) is 36.4 Å². The maximum absolute atomic E-state index is 14.1. The van der Waals surface area contributed by atoms with E-state index in [4.69, 9.17) is 8.83 Å². The van der Waals surface area contributed by atoms with E-state index in [1.54, 1.807) is 36.4 Å². The summed E-state index contributed by atoms with van der Waals surface area (Å²) in [6, 6.07) is 24.3. The van der Waals surface area contributed by atoms with Crippen LogP contribution < -0.4 is 0 Å². The maximum atomic E-state index is 14.1. The summed E-state index contributed by atoms with van der Waals surface area (Å²) in [5.41, 5.74) is 5.22. The van der Waals surface area contributed by atoms with Gasteiger partial charge in [-0.25, -0.2) is 18.7 Å². The van der Waals surface area contributed by atoms with E-state index in [2.05, 4.69) is 9.97 Å². The molecule has 4 nitrogen and oxygen atoms in total. The summed E-state index contributed by atoms with van der Waals surface area (Å²) in [5.74, 6) is -0.241. The Kier molecular flexibility index (Phi) is 4.50. The molecule has 0 atom stereocenters. The molecule has 0 amide bonds. The van der Waals surface area contributed by atoms with E-state index < -0.39 is 0 Å². The lowest BCUT2D eigenvalue weighted by atomic mass is 10.0. The lowest BCUT2D eigenvalue weighted by molar-refractivity contribution is 0.593. The summed E-state index contributed by atoms with van der Waals surface area (Å²) in [4.78, 5) is 8.94. The second-order valence-corrected chi connectivity index (χ2v) is 7.78. The minimum atomic E-state index is -0.375. The van der Waals surface area contributed by atoms with Crippen LogP contribution in [0.25, 0.3) is 45.1 Å². The Bertz CT molecular complexity index is 1510.